The molecule has 0 aromatic heterocycles. The molecule has 58 valence electrons. The van der Waals surface area contributed by atoms with Crippen LogP contribution in [0.4, 0.5) is 0 Å². The first-order chi connectivity index (χ1) is 4.86. The highest BCUT2D eigenvalue weighted by Crippen LogP contribution is 2.15. The van der Waals surface area contributed by atoms with Crippen molar-refractivity contribution in [1.29, 1.82) is 0 Å². The summed E-state index contributed by atoms with van der Waals surface area (Å²) in [6.07, 6.45) is 4.03. The second kappa shape index (κ2) is 3.74. The van der Waals surface area contributed by atoms with Gasteiger partial charge in [-0.05, 0) is 6.42 Å². The maximum absolute atomic E-state index is 5.41. The Kier molecular flexibility index (Phi) is 2.90. The first kappa shape index (κ1) is 7.76. The third-order valence-electron chi connectivity index (χ3n) is 1.56. The third-order valence-corrected chi connectivity index (χ3v) is 1.56. The normalized spacial score (nSPS) is 32.5. The van der Waals surface area contributed by atoms with Crippen molar-refractivity contribution in [3.8, 4) is 0 Å². The van der Waals surface area contributed by atoms with Gasteiger partial charge in [-0.1, -0.05) is 19.4 Å². The van der Waals surface area contributed by atoms with Crippen molar-refractivity contribution in [2.24, 2.45) is 0 Å². The van der Waals surface area contributed by atoms with E-state index in [2.05, 4.69) is 13.5 Å². The quantitative estimate of drug-likeness (QED) is 0.558. The van der Waals surface area contributed by atoms with Gasteiger partial charge in [0.1, 0.15) is 6.10 Å². The zero-order chi connectivity index (χ0) is 7.40. The Bertz CT molecular complexity index is 112. The van der Waals surface area contributed by atoms with Crippen molar-refractivity contribution in [3.05, 3.63) is 12.7 Å². The SMILES string of the molecule is C=CC1COC(CCC)O1. The van der Waals surface area contributed by atoms with Crippen molar-refractivity contribution < 1.29 is 9.47 Å². The minimum atomic E-state index is 0.0213. The molecule has 0 radical (unpaired) electrons. The Morgan fingerprint density at radius 1 is 1.70 bits per heavy atom. The van der Waals surface area contributed by atoms with Crippen LogP contribution in [0.25, 0.3) is 0 Å². The minimum Gasteiger partial charge on any atom is -0.350 e. The lowest BCUT2D eigenvalue weighted by Gasteiger charge is -2.06. The maximum atomic E-state index is 5.41. The highest BCUT2D eigenvalue weighted by Gasteiger charge is 2.21. The van der Waals surface area contributed by atoms with Gasteiger partial charge in [-0.2, -0.15) is 0 Å². The van der Waals surface area contributed by atoms with Crippen LogP contribution in [0, 0.1) is 0 Å². The molecule has 2 heteroatoms. The second-order valence-electron chi connectivity index (χ2n) is 2.46. The molecule has 1 fully saturated rings. The van der Waals surface area contributed by atoms with Gasteiger partial charge in [0.15, 0.2) is 6.29 Å². The fraction of sp³-hybridized carbons (Fsp3) is 0.750. The molecule has 0 aromatic rings. The Labute approximate surface area is 61.8 Å². The van der Waals surface area contributed by atoms with Gasteiger partial charge in [-0.3, -0.25) is 0 Å². The summed E-state index contributed by atoms with van der Waals surface area (Å²) < 4.78 is 10.7. The van der Waals surface area contributed by atoms with E-state index in [9.17, 15) is 0 Å². The molecule has 1 aliphatic rings. The summed E-state index contributed by atoms with van der Waals surface area (Å²) in [6.45, 7) is 6.43. The van der Waals surface area contributed by atoms with Gasteiger partial charge in [-0.25, -0.2) is 0 Å². The monoisotopic (exact) mass is 142 g/mol. The van der Waals surface area contributed by atoms with Crippen LogP contribution in [0.15, 0.2) is 12.7 Å². The molecule has 0 amide bonds. The zero-order valence-corrected chi connectivity index (χ0v) is 6.38. The van der Waals surface area contributed by atoms with Gasteiger partial charge in [0.2, 0.25) is 0 Å². The van der Waals surface area contributed by atoms with Crippen LogP contribution in [0.2, 0.25) is 0 Å². The molecule has 0 saturated carbocycles. The molecule has 2 atom stereocenters. The lowest BCUT2D eigenvalue weighted by Crippen LogP contribution is -2.08. The Morgan fingerprint density at radius 2 is 2.50 bits per heavy atom. The zero-order valence-electron chi connectivity index (χ0n) is 6.38. The molecule has 2 nitrogen and oxygen atoms in total. The number of ether oxygens (including phenoxy) is 2. The van der Waals surface area contributed by atoms with Crippen molar-refractivity contribution in [1.82, 2.24) is 0 Å². The average Bonchev–Trinajstić information content (AvgIpc) is 2.37. The highest BCUT2D eigenvalue weighted by molar-refractivity contribution is 4.82. The highest BCUT2D eigenvalue weighted by atomic mass is 16.7. The average molecular weight is 142 g/mol. The van der Waals surface area contributed by atoms with Crippen LogP contribution in [0.5, 0.6) is 0 Å². The van der Waals surface area contributed by atoms with E-state index in [1.807, 2.05) is 0 Å². The smallest absolute Gasteiger partial charge is 0.158 e. The minimum absolute atomic E-state index is 0.0213. The van der Waals surface area contributed by atoms with Crippen LogP contribution in [0.3, 0.4) is 0 Å². The standard InChI is InChI=1S/C8H14O2/c1-3-5-8-9-6-7(4-2)10-8/h4,7-8H,2-3,5-6H2,1H3. The molecule has 1 rings (SSSR count). The lowest BCUT2D eigenvalue weighted by molar-refractivity contribution is -0.0556. The molecule has 0 N–H and O–H groups in total. The molecule has 10 heavy (non-hydrogen) atoms. The molecule has 0 bridgehead atoms. The van der Waals surface area contributed by atoms with E-state index in [4.69, 9.17) is 9.47 Å². The molecule has 2 unspecified atom stereocenters. The summed E-state index contributed by atoms with van der Waals surface area (Å²) in [5.41, 5.74) is 0. The second-order valence-corrected chi connectivity index (χ2v) is 2.46. The maximum Gasteiger partial charge on any atom is 0.158 e. The number of hydrogen-bond donors (Lipinski definition) is 0. The van der Waals surface area contributed by atoms with Crippen molar-refractivity contribution in [2.75, 3.05) is 6.61 Å². The van der Waals surface area contributed by atoms with E-state index in [0.717, 1.165) is 12.8 Å². The topological polar surface area (TPSA) is 18.5 Å². The lowest BCUT2D eigenvalue weighted by atomic mass is 10.3. The molecular formula is C8H14O2. The van der Waals surface area contributed by atoms with Gasteiger partial charge in [0.05, 0.1) is 6.61 Å². The van der Waals surface area contributed by atoms with E-state index in [-0.39, 0.29) is 12.4 Å². The summed E-state index contributed by atoms with van der Waals surface area (Å²) >= 11 is 0. The Morgan fingerprint density at radius 3 is 3.00 bits per heavy atom. The number of hydrogen-bond acceptors (Lipinski definition) is 2. The molecular weight excluding hydrogens is 128 g/mol. The molecule has 1 heterocycles. The Balaban J connectivity index is 2.21. The van der Waals surface area contributed by atoms with Gasteiger partial charge < -0.3 is 9.47 Å². The van der Waals surface area contributed by atoms with E-state index in [1.54, 1.807) is 6.08 Å². The third kappa shape index (κ3) is 1.82. The van der Waals surface area contributed by atoms with Crippen LogP contribution >= 0.6 is 0 Å². The largest absolute Gasteiger partial charge is 0.350 e. The number of rotatable bonds is 3. The van der Waals surface area contributed by atoms with Gasteiger partial charge in [0, 0.05) is 0 Å². The molecule has 1 saturated heterocycles. The summed E-state index contributed by atoms with van der Waals surface area (Å²) in [5.74, 6) is 0. The van der Waals surface area contributed by atoms with Crippen LogP contribution in [-0.2, 0) is 9.47 Å². The van der Waals surface area contributed by atoms with Crippen molar-refractivity contribution in [2.45, 2.75) is 32.2 Å². The van der Waals surface area contributed by atoms with Gasteiger partial charge in [0.25, 0.3) is 0 Å². The molecule has 0 aliphatic carbocycles. The predicted octanol–water partition coefficient (Wildman–Crippen LogP) is 1.71. The molecule has 1 aliphatic heterocycles. The summed E-state index contributed by atoms with van der Waals surface area (Å²) in [5, 5.41) is 0. The molecule has 0 aromatic carbocycles. The van der Waals surface area contributed by atoms with Crippen LogP contribution in [-0.4, -0.2) is 19.0 Å². The summed E-state index contributed by atoms with van der Waals surface area (Å²) in [4.78, 5) is 0. The van der Waals surface area contributed by atoms with Crippen molar-refractivity contribution >= 4 is 0 Å². The fourth-order valence-corrected chi connectivity index (χ4v) is 0.986. The first-order valence-corrected chi connectivity index (χ1v) is 3.76. The summed E-state index contributed by atoms with van der Waals surface area (Å²) in [7, 11) is 0. The Hall–Kier alpha value is -0.340. The predicted molar refractivity (Wildman–Crippen MR) is 39.7 cm³/mol. The fourth-order valence-electron chi connectivity index (χ4n) is 0.986. The van der Waals surface area contributed by atoms with Crippen LogP contribution < -0.4 is 0 Å². The summed E-state index contributed by atoms with van der Waals surface area (Å²) in [6, 6.07) is 0. The van der Waals surface area contributed by atoms with E-state index in [1.165, 1.54) is 0 Å². The van der Waals surface area contributed by atoms with E-state index < -0.39 is 0 Å². The van der Waals surface area contributed by atoms with Gasteiger partial charge in [-0.15, -0.1) is 6.58 Å². The van der Waals surface area contributed by atoms with Gasteiger partial charge >= 0.3 is 0 Å². The first-order valence-electron chi connectivity index (χ1n) is 3.76. The van der Waals surface area contributed by atoms with E-state index in [0.29, 0.717) is 6.61 Å². The van der Waals surface area contributed by atoms with Crippen molar-refractivity contribution in [3.63, 3.8) is 0 Å². The molecule has 0 spiro atoms. The van der Waals surface area contributed by atoms with Crippen LogP contribution in [0.1, 0.15) is 19.8 Å². The van der Waals surface area contributed by atoms with E-state index >= 15 is 0 Å².